The molecule has 0 aliphatic rings. The summed E-state index contributed by atoms with van der Waals surface area (Å²) in [5, 5.41) is 9.03. The molecule has 0 radical (unpaired) electrons. The molecule has 0 saturated carbocycles. The minimum atomic E-state index is -4.93. The average Bonchev–Trinajstić information content (AvgIpc) is 2.29. The highest BCUT2D eigenvalue weighted by Gasteiger charge is 2.58. The van der Waals surface area contributed by atoms with Gasteiger partial charge in [0.05, 0.1) is 7.11 Å². The van der Waals surface area contributed by atoms with Gasteiger partial charge in [0.1, 0.15) is 5.75 Å². The Morgan fingerprint density at radius 1 is 1.33 bits per heavy atom. The first kappa shape index (κ1) is 14.3. The zero-order valence-electron chi connectivity index (χ0n) is 9.49. The predicted octanol–water partition coefficient (Wildman–Crippen LogP) is 1.37. The van der Waals surface area contributed by atoms with Gasteiger partial charge in [0.25, 0.3) is 0 Å². The number of phenols is 1. The number of hydrogen-bond donors (Lipinski definition) is 2. The highest BCUT2D eigenvalue weighted by atomic mass is 19.4. The highest BCUT2D eigenvalue weighted by molar-refractivity contribution is 5.82. The van der Waals surface area contributed by atoms with Crippen molar-refractivity contribution in [2.75, 3.05) is 7.11 Å². The van der Waals surface area contributed by atoms with Crippen LogP contribution in [0.4, 0.5) is 13.2 Å². The SMILES string of the molecule is COC(=O)[C@](N)(Cc1ccc(O)cc1)C(F)(F)F. The Labute approximate surface area is 101 Å². The maximum Gasteiger partial charge on any atom is 0.417 e. The zero-order chi connectivity index (χ0) is 14.0. The summed E-state index contributed by atoms with van der Waals surface area (Å²) in [4.78, 5) is 11.2. The molecule has 7 heteroatoms. The summed E-state index contributed by atoms with van der Waals surface area (Å²) >= 11 is 0. The van der Waals surface area contributed by atoms with Crippen molar-refractivity contribution in [1.29, 1.82) is 0 Å². The van der Waals surface area contributed by atoms with Gasteiger partial charge >= 0.3 is 12.1 Å². The fourth-order valence-electron chi connectivity index (χ4n) is 1.41. The molecule has 1 rings (SSSR count). The third-order valence-electron chi connectivity index (χ3n) is 2.47. The number of phenolic OH excluding ortho intramolecular Hbond substituents is 1. The van der Waals surface area contributed by atoms with Crippen LogP contribution in [-0.4, -0.2) is 29.9 Å². The van der Waals surface area contributed by atoms with E-state index < -0.39 is 24.1 Å². The molecule has 0 unspecified atom stereocenters. The van der Waals surface area contributed by atoms with Gasteiger partial charge in [0.15, 0.2) is 0 Å². The monoisotopic (exact) mass is 263 g/mol. The molecule has 0 amide bonds. The van der Waals surface area contributed by atoms with E-state index in [1.807, 2.05) is 0 Å². The molecular weight excluding hydrogens is 251 g/mol. The van der Waals surface area contributed by atoms with E-state index >= 15 is 0 Å². The number of alkyl halides is 3. The van der Waals surface area contributed by atoms with Gasteiger partial charge in [-0.25, -0.2) is 4.79 Å². The molecule has 0 aliphatic heterocycles. The van der Waals surface area contributed by atoms with Gasteiger partial charge in [0, 0.05) is 6.42 Å². The summed E-state index contributed by atoms with van der Waals surface area (Å²) in [5.74, 6) is -1.64. The third kappa shape index (κ3) is 2.73. The van der Waals surface area contributed by atoms with Crippen LogP contribution in [0.1, 0.15) is 5.56 Å². The molecule has 18 heavy (non-hydrogen) atoms. The molecule has 3 N–H and O–H groups in total. The zero-order valence-corrected chi connectivity index (χ0v) is 9.49. The average molecular weight is 263 g/mol. The van der Waals surface area contributed by atoms with Crippen molar-refractivity contribution >= 4 is 5.97 Å². The van der Waals surface area contributed by atoms with Crippen molar-refractivity contribution in [2.45, 2.75) is 18.1 Å². The highest BCUT2D eigenvalue weighted by Crippen LogP contribution is 2.32. The molecule has 0 fully saturated rings. The van der Waals surface area contributed by atoms with E-state index in [9.17, 15) is 18.0 Å². The van der Waals surface area contributed by atoms with Crippen molar-refractivity contribution < 1.29 is 27.8 Å². The molecule has 0 heterocycles. The van der Waals surface area contributed by atoms with Crippen LogP contribution in [0, 0.1) is 0 Å². The Hall–Kier alpha value is -1.76. The van der Waals surface area contributed by atoms with E-state index in [1.54, 1.807) is 0 Å². The molecule has 1 atom stereocenters. The molecule has 1 aromatic rings. The number of aromatic hydroxyl groups is 1. The quantitative estimate of drug-likeness (QED) is 0.808. The first-order chi connectivity index (χ1) is 8.20. The number of halogens is 3. The summed E-state index contributed by atoms with van der Waals surface area (Å²) in [7, 11) is 0.840. The Kier molecular flexibility index (Phi) is 3.85. The van der Waals surface area contributed by atoms with Crippen LogP contribution in [0.15, 0.2) is 24.3 Å². The maximum atomic E-state index is 12.8. The molecule has 0 spiro atoms. The summed E-state index contributed by atoms with van der Waals surface area (Å²) in [6.07, 6.45) is -5.69. The molecule has 1 aromatic carbocycles. The number of esters is 1. The fourth-order valence-corrected chi connectivity index (χ4v) is 1.41. The molecule has 0 saturated heterocycles. The Balaban J connectivity index is 3.07. The van der Waals surface area contributed by atoms with E-state index in [-0.39, 0.29) is 11.3 Å². The largest absolute Gasteiger partial charge is 0.508 e. The molecular formula is C11H12F3NO3. The second-order valence-corrected chi connectivity index (χ2v) is 3.80. The minimum Gasteiger partial charge on any atom is -0.508 e. The predicted molar refractivity (Wildman–Crippen MR) is 56.8 cm³/mol. The Bertz CT molecular complexity index is 430. The lowest BCUT2D eigenvalue weighted by molar-refractivity contribution is -0.203. The lowest BCUT2D eigenvalue weighted by Crippen LogP contribution is -2.61. The van der Waals surface area contributed by atoms with Crippen LogP contribution in [0.5, 0.6) is 5.75 Å². The van der Waals surface area contributed by atoms with E-state index in [0.29, 0.717) is 0 Å². The summed E-state index contributed by atoms with van der Waals surface area (Å²) < 4.78 is 42.6. The topological polar surface area (TPSA) is 72.5 Å². The van der Waals surface area contributed by atoms with Crippen LogP contribution in [0.25, 0.3) is 0 Å². The Morgan fingerprint density at radius 3 is 2.22 bits per heavy atom. The summed E-state index contributed by atoms with van der Waals surface area (Å²) in [5.41, 5.74) is 2.20. The number of carbonyl (C=O) groups excluding carboxylic acids is 1. The van der Waals surface area contributed by atoms with Gasteiger partial charge in [-0.1, -0.05) is 12.1 Å². The lowest BCUT2D eigenvalue weighted by Gasteiger charge is -2.28. The normalized spacial score (nSPS) is 14.9. The van der Waals surface area contributed by atoms with Crippen molar-refractivity contribution in [3.05, 3.63) is 29.8 Å². The maximum absolute atomic E-state index is 12.8. The number of hydrogen-bond acceptors (Lipinski definition) is 4. The smallest absolute Gasteiger partial charge is 0.417 e. The van der Waals surface area contributed by atoms with Crippen LogP contribution in [0.3, 0.4) is 0 Å². The van der Waals surface area contributed by atoms with Gasteiger partial charge in [-0.3, -0.25) is 0 Å². The van der Waals surface area contributed by atoms with Crippen molar-refractivity contribution in [2.24, 2.45) is 5.73 Å². The second-order valence-electron chi connectivity index (χ2n) is 3.80. The van der Waals surface area contributed by atoms with E-state index in [4.69, 9.17) is 10.8 Å². The molecule has 0 bridgehead atoms. The van der Waals surface area contributed by atoms with Crippen molar-refractivity contribution in [3.8, 4) is 5.75 Å². The van der Waals surface area contributed by atoms with Crippen LogP contribution >= 0.6 is 0 Å². The molecule has 100 valence electrons. The first-order valence-corrected chi connectivity index (χ1v) is 4.92. The van der Waals surface area contributed by atoms with Gasteiger partial charge in [-0.15, -0.1) is 0 Å². The number of carbonyl (C=O) groups is 1. The fraction of sp³-hybridized carbons (Fsp3) is 0.364. The van der Waals surface area contributed by atoms with Gasteiger partial charge < -0.3 is 15.6 Å². The number of nitrogens with two attached hydrogens (primary N) is 1. The Morgan fingerprint density at radius 2 is 1.83 bits per heavy atom. The third-order valence-corrected chi connectivity index (χ3v) is 2.47. The van der Waals surface area contributed by atoms with Crippen LogP contribution in [-0.2, 0) is 16.0 Å². The first-order valence-electron chi connectivity index (χ1n) is 4.92. The molecule has 4 nitrogen and oxygen atoms in total. The minimum absolute atomic E-state index is 0.0913. The van der Waals surface area contributed by atoms with E-state index in [0.717, 1.165) is 7.11 Å². The lowest BCUT2D eigenvalue weighted by atomic mass is 9.91. The summed E-state index contributed by atoms with van der Waals surface area (Å²) in [6.45, 7) is 0. The second kappa shape index (κ2) is 4.85. The van der Waals surface area contributed by atoms with Crippen LogP contribution in [0.2, 0.25) is 0 Å². The number of methoxy groups -OCH3 is 1. The van der Waals surface area contributed by atoms with Crippen molar-refractivity contribution in [3.63, 3.8) is 0 Å². The number of rotatable bonds is 3. The standard InChI is InChI=1S/C11H12F3NO3/c1-18-9(17)10(15,11(12,13)14)6-7-2-4-8(16)5-3-7/h2-5,16H,6,15H2,1H3/t10-/m1/s1. The van der Waals surface area contributed by atoms with Crippen LogP contribution < -0.4 is 5.73 Å². The van der Waals surface area contributed by atoms with Gasteiger partial charge in [0.2, 0.25) is 5.54 Å². The van der Waals surface area contributed by atoms with E-state index in [1.165, 1.54) is 24.3 Å². The van der Waals surface area contributed by atoms with Gasteiger partial charge in [-0.05, 0) is 17.7 Å². The van der Waals surface area contributed by atoms with Crippen molar-refractivity contribution in [1.82, 2.24) is 0 Å². The van der Waals surface area contributed by atoms with Gasteiger partial charge in [-0.2, -0.15) is 13.2 Å². The number of ether oxygens (including phenoxy) is 1. The molecule has 0 aliphatic carbocycles. The van der Waals surface area contributed by atoms with E-state index in [2.05, 4.69) is 4.74 Å². The molecule has 0 aromatic heterocycles. The summed E-state index contributed by atoms with van der Waals surface area (Å²) in [6, 6.07) is 4.93. The number of benzene rings is 1.